The second-order valence-corrected chi connectivity index (χ2v) is 7.51. The molecule has 0 saturated carbocycles. The average Bonchev–Trinajstić information content (AvgIpc) is 3.20. The van der Waals surface area contributed by atoms with Gasteiger partial charge in [-0.3, -0.25) is 4.79 Å². The molecule has 2 atom stereocenters. The van der Waals surface area contributed by atoms with Crippen molar-refractivity contribution in [2.75, 3.05) is 19.7 Å². The standard InChI is InChI=1S/C17H26N2O3S/c1-13-18-14(12-23-13)11-22-16-7-8-19(10-16)17(20)6-5-15-4-2-3-9-21-15/h12,15-16H,2-11H2,1H3/t15-,16+/m0/s1. The van der Waals surface area contributed by atoms with Gasteiger partial charge in [0, 0.05) is 31.5 Å². The highest BCUT2D eigenvalue weighted by Gasteiger charge is 2.27. The molecule has 0 aliphatic carbocycles. The van der Waals surface area contributed by atoms with Gasteiger partial charge in [-0.25, -0.2) is 4.98 Å². The minimum absolute atomic E-state index is 0.145. The highest BCUT2D eigenvalue weighted by Crippen LogP contribution is 2.20. The van der Waals surface area contributed by atoms with E-state index in [1.54, 1.807) is 11.3 Å². The van der Waals surface area contributed by atoms with E-state index in [9.17, 15) is 4.79 Å². The van der Waals surface area contributed by atoms with Crippen molar-refractivity contribution in [3.05, 3.63) is 16.1 Å². The Hall–Kier alpha value is -0.980. The molecule has 0 spiro atoms. The lowest BCUT2D eigenvalue weighted by atomic mass is 10.0. The summed E-state index contributed by atoms with van der Waals surface area (Å²) in [6.07, 6.45) is 6.31. The Kier molecular flexibility index (Phi) is 6.02. The molecule has 1 amide bonds. The smallest absolute Gasteiger partial charge is 0.222 e. The number of amides is 1. The summed E-state index contributed by atoms with van der Waals surface area (Å²) < 4.78 is 11.6. The zero-order valence-corrected chi connectivity index (χ0v) is 14.6. The van der Waals surface area contributed by atoms with E-state index >= 15 is 0 Å². The monoisotopic (exact) mass is 338 g/mol. The van der Waals surface area contributed by atoms with Gasteiger partial charge in [0.1, 0.15) is 0 Å². The Labute approximate surface area is 142 Å². The van der Waals surface area contributed by atoms with Crippen LogP contribution in [0, 0.1) is 6.92 Å². The van der Waals surface area contributed by atoms with Gasteiger partial charge in [0.05, 0.1) is 29.5 Å². The van der Waals surface area contributed by atoms with E-state index in [-0.39, 0.29) is 18.1 Å². The third-order valence-electron chi connectivity index (χ3n) is 4.59. The number of likely N-dealkylation sites (tertiary alicyclic amines) is 1. The molecule has 1 aromatic rings. The first kappa shape index (κ1) is 16.9. The van der Waals surface area contributed by atoms with Gasteiger partial charge in [-0.1, -0.05) is 0 Å². The zero-order valence-electron chi connectivity index (χ0n) is 13.8. The first-order chi connectivity index (χ1) is 11.2. The summed E-state index contributed by atoms with van der Waals surface area (Å²) in [7, 11) is 0. The van der Waals surface area contributed by atoms with Gasteiger partial charge in [0.25, 0.3) is 0 Å². The molecule has 6 heteroatoms. The van der Waals surface area contributed by atoms with Crippen LogP contribution in [0.5, 0.6) is 0 Å². The summed E-state index contributed by atoms with van der Waals surface area (Å²) in [4.78, 5) is 18.7. The maximum Gasteiger partial charge on any atom is 0.222 e. The summed E-state index contributed by atoms with van der Waals surface area (Å²) in [6.45, 7) is 4.93. The predicted molar refractivity (Wildman–Crippen MR) is 89.5 cm³/mol. The van der Waals surface area contributed by atoms with Gasteiger partial charge in [-0.05, 0) is 39.0 Å². The largest absolute Gasteiger partial charge is 0.378 e. The minimum Gasteiger partial charge on any atom is -0.378 e. The number of hydrogen-bond donors (Lipinski definition) is 0. The topological polar surface area (TPSA) is 51.7 Å². The van der Waals surface area contributed by atoms with Crippen LogP contribution in [-0.4, -0.2) is 47.7 Å². The van der Waals surface area contributed by atoms with Gasteiger partial charge in [0.15, 0.2) is 0 Å². The fraction of sp³-hybridized carbons (Fsp3) is 0.765. The molecule has 3 rings (SSSR count). The predicted octanol–water partition coefficient (Wildman–Crippen LogP) is 2.92. The first-order valence-corrected chi connectivity index (χ1v) is 9.50. The molecule has 5 nitrogen and oxygen atoms in total. The number of carbonyl (C=O) groups excluding carboxylic acids is 1. The summed E-state index contributed by atoms with van der Waals surface area (Å²) in [5, 5.41) is 3.11. The number of ether oxygens (including phenoxy) is 2. The molecule has 0 unspecified atom stereocenters. The van der Waals surface area contributed by atoms with Crippen molar-refractivity contribution < 1.29 is 14.3 Å². The van der Waals surface area contributed by atoms with E-state index in [0.29, 0.717) is 19.6 Å². The molecule has 23 heavy (non-hydrogen) atoms. The fourth-order valence-corrected chi connectivity index (χ4v) is 3.84. The molecule has 128 valence electrons. The van der Waals surface area contributed by atoms with E-state index in [1.807, 2.05) is 17.2 Å². The van der Waals surface area contributed by atoms with Crippen molar-refractivity contribution in [2.45, 2.75) is 64.3 Å². The maximum absolute atomic E-state index is 12.3. The average molecular weight is 338 g/mol. The summed E-state index contributed by atoms with van der Waals surface area (Å²) in [5.74, 6) is 0.245. The molecule has 2 aliphatic rings. The van der Waals surface area contributed by atoms with Crippen molar-refractivity contribution in [3.63, 3.8) is 0 Å². The number of aryl methyl sites for hydroxylation is 1. The second-order valence-electron chi connectivity index (χ2n) is 6.45. The van der Waals surface area contributed by atoms with Gasteiger partial charge >= 0.3 is 0 Å². The van der Waals surface area contributed by atoms with Crippen LogP contribution in [0.1, 0.15) is 49.2 Å². The number of rotatable bonds is 6. The van der Waals surface area contributed by atoms with Crippen molar-refractivity contribution in [3.8, 4) is 0 Å². The SMILES string of the molecule is Cc1nc(CO[C@@H]2CCN(C(=O)CC[C@@H]3CCCCO3)C2)cs1. The van der Waals surface area contributed by atoms with E-state index in [4.69, 9.17) is 9.47 Å². The summed E-state index contributed by atoms with van der Waals surface area (Å²) in [6, 6.07) is 0. The number of nitrogens with zero attached hydrogens (tertiary/aromatic N) is 2. The van der Waals surface area contributed by atoms with E-state index in [1.165, 1.54) is 6.42 Å². The fourth-order valence-electron chi connectivity index (χ4n) is 3.25. The van der Waals surface area contributed by atoms with Crippen LogP contribution < -0.4 is 0 Å². The van der Waals surface area contributed by atoms with Crippen LogP contribution in [0.15, 0.2) is 5.38 Å². The molecular weight excluding hydrogens is 312 g/mol. The van der Waals surface area contributed by atoms with Crippen LogP contribution >= 0.6 is 11.3 Å². The number of carbonyl (C=O) groups is 1. The quantitative estimate of drug-likeness (QED) is 0.800. The van der Waals surface area contributed by atoms with Crippen molar-refractivity contribution in [2.24, 2.45) is 0 Å². The second kappa shape index (κ2) is 8.22. The summed E-state index contributed by atoms with van der Waals surface area (Å²) in [5.41, 5.74) is 0.992. The number of hydrogen-bond acceptors (Lipinski definition) is 5. The van der Waals surface area contributed by atoms with Gasteiger partial charge < -0.3 is 14.4 Å². The highest BCUT2D eigenvalue weighted by molar-refractivity contribution is 7.09. The Balaban J connectivity index is 1.35. The lowest BCUT2D eigenvalue weighted by molar-refractivity contribution is -0.131. The zero-order chi connectivity index (χ0) is 16.1. The van der Waals surface area contributed by atoms with Gasteiger partial charge in [-0.2, -0.15) is 0 Å². The molecule has 2 aliphatic heterocycles. The molecule has 3 heterocycles. The molecular formula is C17H26N2O3S. The molecule has 0 aromatic carbocycles. The Morgan fingerprint density at radius 3 is 3.13 bits per heavy atom. The third kappa shape index (κ3) is 4.99. The van der Waals surface area contributed by atoms with E-state index in [2.05, 4.69) is 4.98 Å². The van der Waals surface area contributed by atoms with Crippen LogP contribution in [0.4, 0.5) is 0 Å². The lowest BCUT2D eigenvalue weighted by Crippen LogP contribution is -2.31. The lowest BCUT2D eigenvalue weighted by Gasteiger charge is -2.23. The van der Waals surface area contributed by atoms with E-state index in [0.717, 1.165) is 49.5 Å². The van der Waals surface area contributed by atoms with Crippen molar-refractivity contribution in [1.29, 1.82) is 0 Å². The third-order valence-corrected chi connectivity index (χ3v) is 5.41. The Morgan fingerprint density at radius 1 is 1.48 bits per heavy atom. The van der Waals surface area contributed by atoms with Crippen molar-refractivity contribution >= 4 is 17.2 Å². The maximum atomic E-state index is 12.3. The first-order valence-electron chi connectivity index (χ1n) is 8.62. The van der Waals surface area contributed by atoms with E-state index < -0.39 is 0 Å². The molecule has 0 radical (unpaired) electrons. The van der Waals surface area contributed by atoms with Gasteiger partial charge in [0.2, 0.25) is 5.91 Å². The summed E-state index contributed by atoms with van der Waals surface area (Å²) >= 11 is 1.64. The van der Waals surface area contributed by atoms with Crippen LogP contribution in [0.3, 0.4) is 0 Å². The van der Waals surface area contributed by atoms with Crippen LogP contribution in [-0.2, 0) is 20.9 Å². The van der Waals surface area contributed by atoms with Crippen LogP contribution in [0.25, 0.3) is 0 Å². The molecule has 1 aromatic heterocycles. The highest BCUT2D eigenvalue weighted by atomic mass is 32.1. The van der Waals surface area contributed by atoms with Crippen LogP contribution in [0.2, 0.25) is 0 Å². The Morgan fingerprint density at radius 2 is 2.39 bits per heavy atom. The number of aromatic nitrogens is 1. The number of thiazole rings is 1. The molecule has 2 saturated heterocycles. The minimum atomic E-state index is 0.145. The van der Waals surface area contributed by atoms with Crippen molar-refractivity contribution in [1.82, 2.24) is 9.88 Å². The normalized spacial score (nSPS) is 25.0. The van der Waals surface area contributed by atoms with Gasteiger partial charge in [-0.15, -0.1) is 11.3 Å². The molecule has 2 fully saturated rings. The molecule has 0 N–H and O–H groups in total. The molecule has 0 bridgehead atoms. The Bertz CT molecular complexity index is 514.